The predicted octanol–water partition coefficient (Wildman–Crippen LogP) is 9.05. The molecule has 0 aromatic heterocycles. The van der Waals surface area contributed by atoms with E-state index in [1.165, 1.54) is 12.1 Å². The highest BCUT2D eigenvalue weighted by molar-refractivity contribution is 7.62. The number of nitrogens with zero attached hydrogens (tertiary/aromatic N) is 2. The highest BCUT2D eigenvalue weighted by Crippen LogP contribution is 2.64. The molecule has 2 aromatic rings. The molecule has 11 nitrogen and oxygen atoms in total. The van der Waals surface area contributed by atoms with E-state index >= 15 is 0 Å². The third-order valence-corrected chi connectivity index (χ3v) is 11.6. The zero-order valence-electron chi connectivity index (χ0n) is 32.8. The lowest BCUT2D eigenvalue weighted by molar-refractivity contribution is -0.160. The number of hydrogen-bond acceptors (Lipinski definition) is 10. The maximum Gasteiger partial charge on any atom is 0.419 e. The van der Waals surface area contributed by atoms with Crippen LogP contribution in [0.2, 0.25) is 0 Å². The molecule has 2 atom stereocenters. The minimum Gasteiger partial charge on any atom is -0.497 e. The van der Waals surface area contributed by atoms with Crippen LogP contribution in [0, 0.1) is 5.82 Å². The molecular formula is C39H58FN2O9P. The largest absolute Gasteiger partial charge is 0.497 e. The van der Waals surface area contributed by atoms with Crippen LogP contribution in [0.15, 0.2) is 42.5 Å². The molecule has 2 aromatic carbocycles. The molecule has 0 saturated carbocycles. The van der Waals surface area contributed by atoms with Gasteiger partial charge >= 0.3 is 18.2 Å². The average Bonchev–Trinajstić information content (AvgIpc) is 3.00. The van der Waals surface area contributed by atoms with Crippen molar-refractivity contribution >= 4 is 25.5 Å². The van der Waals surface area contributed by atoms with Crippen LogP contribution in [-0.2, 0) is 34.6 Å². The molecule has 0 radical (unpaired) electrons. The summed E-state index contributed by atoms with van der Waals surface area (Å²) in [5.41, 5.74) is -0.287. The van der Waals surface area contributed by atoms with Crippen molar-refractivity contribution in [3.8, 4) is 16.9 Å². The third kappa shape index (κ3) is 11.8. The molecule has 1 aliphatic heterocycles. The van der Waals surface area contributed by atoms with E-state index in [4.69, 9.17) is 23.5 Å². The second-order valence-electron chi connectivity index (χ2n) is 16.2. The number of rotatable bonds is 12. The molecule has 52 heavy (non-hydrogen) atoms. The van der Waals surface area contributed by atoms with E-state index < -0.39 is 47.5 Å². The summed E-state index contributed by atoms with van der Waals surface area (Å²) in [5.74, 6) is -0.344. The van der Waals surface area contributed by atoms with Gasteiger partial charge in [-0.3, -0.25) is 14.3 Å². The molecule has 3 rings (SSSR count). The van der Waals surface area contributed by atoms with E-state index in [2.05, 4.69) is 0 Å². The standard InChI is InChI=1S/C39H58FN2O9P/c1-12-48-52(46)24-23-41(26-29-15-18-30(40)25-32(29)28-16-19-31(47-11)20-17-28)27-39(52,33(43)49-36(2,3)4)21-13-14-22-42(34(44)50-37(5,6)7)35(45)51-38(8,9)10/h15-20,25H,12-14,21-24,26-27H2,1-11H3. The monoisotopic (exact) mass is 748 g/mol. The van der Waals surface area contributed by atoms with Crippen LogP contribution in [0.5, 0.6) is 5.75 Å². The quantitative estimate of drug-likeness (QED) is 0.0900. The van der Waals surface area contributed by atoms with E-state index in [9.17, 15) is 23.3 Å². The second-order valence-corrected chi connectivity index (χ2v) is 19.1. The fourth-order valence-electron chi connectivity index (χ4n) is 6.05. The van der Waals surface area contributed by atoms with Gasteiger partial charge in [0.1, 0.15) is 28.4 Å². The van der Waals surface area contributed by atoms with Crippen molar-refractivity contribution in [3.63, 3.8) is 0 Å². The number of methoxy groups -OCH3 is 1. The van der Waals surface area contributed by atoms with Gasteiger partial charge in [-0.25, -0.2) is 18.9 Å². The van der Waals surface area contributed by atoms with Crippen LogP contribution >= 0.6 is 7.37 Å². The van der Waals surface area contributed by atoms with E-state index in [1.54, 1.807) is 82.4 Å². The van der Waals surface area contributed by atoms with Crippen LogP contribution in [0.25, 0.3) is 11.1 Å². The molecule has 13 heteroatoms. The van der Waals surface area contributed by atoms with Gasteiger partial charge in [0.2, 0.25) is 7.37 Å². The number of carbonyl (C=O) groups excluding carboxylic acids is 3. The van der Waals surface area contributed by atoms with Gasteiger partial charge < -0.3 is 23.5 Å². The van der Waals surface area contributed by atoms with Crippen molar-refractivity contribution in [1.29, 1.82) is 0 Å². The molecule has 2 unspecified atom stereocenters. The van der Waals surface area contributed by atoms with Crippen LogP contribution in [-0.4, -0.2) is 89.4 Å². The smallest absolute Gasteiger partial charge is 0.419 e. The molecule has 0 bridgehead atoms. The number of unbranched alkanes of at least 4 members (excludes halogenated alkanes) is 1. The summed E-state index contributed by atoms with van der Waals surface area (Å²) in [6, 6.07) is 11.9. The Morgan fingerprint density at radius 1 is 0.865 bits per heavy atom. The first-order valence-electron chi connectivity index (χ1n) is 17.9. The second kappa shape index (κ2) is 17.1. The Morgan fingerprint density at radius 3 is 1.96 bits per heavy atom. The Morgan fingerprint density at radius 2 is 1.44 bits per heavy atom. The number of imide groups is 1. The summed E-state index contributed by atoms with van der Waals surface area (Å²) >= 11 is 0. The molecule has 2 amide bonds. The summed E-state index contributed by atoms with van der Waals surface area (Å²) in [4.78, 5) is 43.6. The highest BCUT2D eigenvalue weighted by Gasteiger charge is 2.59. The summed E-state index contributed by atoms with van der Waals surface area (Å²) in [6.45, 7) is 18.1. The average molecular weight is 749 g/mol. The maximum atomic E-state index is 14.9. The van der Waals surface area contributed by atoms with Gasteiger partial charge in [-0.1, -0.05) is 18.2 Å². The Labute approximate surface area is 308 Å². The fourth-order valence-corrected chi connectivity index (χ4v) is 9.05. The Kier molecular flexibility index (Phi) is 14.1. The van der Waals surface area contributed by atoms with Gasteiger partial charge in [0.15, 0.2) is 5.16 Å². The summed E-state index contributed by atoms with van der Waals surface area (Å²) in [7, 11) is -2.09. The topological polar surface area (TPSA) is 121 Å². The van der Waals surface area contributed by atoms with Crippen molar-refractivity contribution in [2.75, 3.05) is 39.5 Å². The zero-order chi connectivity index (χ0) is 39.1. The van der Waals surface area contributed by atoms with Crippen molar-refractivity contribution in [2.45, 2.75) is 117 Å². The molecule has 1 saturated heterocycles. The van der Waals surface area contributed by atoms with Crippen LogP contribution < -0.4 is 4.74 Å². The number of esters is 1. The lowest BCUT2D eigenvalue weighted by Gasteiger charge is -2.46. The Balaban J connectivity index is 1.97. The van der Waals surface area contributed by atoms with E-state index in [0.717, 1.165) is 16.0 Å². The van der Waals surface area contributed by atoms with Crippen LogP contribution in [0.1, 0.15) is 94.1 Å². The van der Waals surface area contributed by atoms with Crippen molar-refractivity contribution < 1.29 is 46.8 Å². The lowest BCUT2D eigenvalue weighted by atomic mass is 9.96. The molecule has 1 aliphatic rings. The predicted molar refractivity (Wildman–Crippen MR) is 199 cm³/mol. The number of carbonyl (C=O) groups is 3. The minimum absolute atomic E-state index is 0.0560. The number of amides is 2. The Hall–Kier alpha value is -3.47. The van der Waals surface area contributed by atoms with E-state index in [1.807, 2.05) is 29.2 Å². The zero-order valence-corrected chi connectivity index (χ0v) is 33.7. The normalized spacial score (nSPS) is 19.8. The lowest BCUT2D eigenvalue weighted by Crippen LogP contribution is -2.56. The van der Waals surface area contributed by atoms with E-state index in [0.29, 0.717) is 30.8 Å². The van der Waals surface area contributed by atoms with Gasteiger partial charge in [-0.05, 0) is 129 Å². The summed E-state index contributed by atoms with van der Waals surface area (Å²) in [5, 5.41) is -1.56. The molecule has 1 fully saturated rings. The maximum absolute atomic E-state index is 14.9. The van der Waals surface area contributed by atoms with E-state index in [-0.39, 0.29) is 44.5 Å². The first-order valence-corrected chi connectivity index (χ1v) is 19.7. The van der Waals surface area contributed by atoms with Crippen LogP contribution in [0.3, 0.4) is 0 Å². The first-order chi connectivity index (χ1) is 24.0. The molecule has 290 valence electrons. The Bertz CT molecular complexity index is 1570. The molecule has 0 aliphatic carbocycles. The molecule has 0 N–H and O–H groups in total. The fraction of sp³-hybridized carbons (Fsp3) is 0.615. The SMILES string of the molecule is CCOP1(=O)CCN(Cc2ccc(F)cc2-c2ccc(OC)cc2)CC1(CCCCN(C(=O)OC(C)(C)C)C(=O)OC(C)(C)C)C(=O)OC(C)(C)C. The van der Waals surface area contributed by atoms with Crippen molar-refractivity contribution in [3.05, 3.63) is 53.8 Å². The highest BCUT2D eigenvalue weighted by atomic mass is 31.2. The number of ether oxygens (including phenoxy) is 4. The number of hydrogen-bond donors (Lipinski definition) is 0. The first kappa shape index (κ1) is 42.9. The van der Waals surface area contributed by atoms with Gasteiger partial charge in [-0.2, -0.15) is 0 Å². The molecular weight excluding hydrogens is 690 g/mol. The summed E-state index contributed by atoms with van der Waals surface area (Å²) in [6.07, 6.45) is -0.949. The van der Waals surface area contributed by atoms with Gasteiger partial charge in [0.25, 0.3) is 0 Å². The number of halogens is 1. The van der Waals surface area contributed by atoms with Gasteiger partial charge in [-0.15, -0.1) is 0 Å². The number of benzene rings is 2. The minimum atomic E-state index is -3.67. The third-order valence-electron chi connectivity index (χ3n) is 8.28. The molecule has 0 spiro atoms. The van der Waals surface area contributed by atoms with Crippen LogP contribution in [0.4, 0.5) is 14.0 Å². The van der Waals surface area contributed by atoms with Crippen molar-refractivity contribution in [1.82, 2.24) is 9.80 Å². The van der Waals surface area contributed by atoms with Gasteiger partial charge in [0, 0.05) is 32.3 Å². The van der Waals surface area contributed by atoms with Gasteiger partial charge in [0.05, 0.1) is 13.7 Å². The van der Waals surface area contributed by atoms with Crippen molar-refractivity contribution in [2.24, 2.45) is 0 Å². The summed E-state index contributed by atoms with van der Waals surface area (Å²) < 4.78 is 57.8. The molecule has 1 heterocycles.